The van der Waals surface area contributed by atoms with Gasteiger partial charge in [-0.3, -0.25) is 14.5 Å². The molecule has 8 nitrogen and oxygen atoms in total. The highest BCUT2D eigenvalue weighted by molar-refractivity contribution is 7.89. The zero-order valence-electron chi connectivity index (χ0n) is 18.8. The summed E-state index contributed by atoms with van der Waals surface area (Å²) in [5, 5.41) is 2.20. The number of amides is 2. The number of carbonyl (C=O) groups is 2. The number of nitrogens with one attached hydrogen (secondary N) is 1. The zero-order valence-corrected chi connectivity index (χ0v) is 19.7. The minimum Gasteiger partial charge on any atom is -0.482 e. The van der Waals surface area contributed by atoms with Crippen molar-refractivity contribution in [2.75, 3.05) is 36.5 Å². The molecule has 0 unspecified atom stereocenters. The molecule has 0 aliphatic carbocycles. The van der Waals surface area contributed by atoms with E-state index in [-0.39, 0.29) is 16.3 Å². The summed E-state index contributed by atoms with van der Waals surface area (Å²) < 4.78 is 72.8. The summed E-state index contributed by atoms with van der Waals surface area (Å²) in [5.41, 5.74) is -1.40. The van der Waals surface area contributed by atoms with E-state index >= 15 is 0 Å². The molecule has 2 heterocycles. The second kappa shape index (κ2) is 9.50. The van der Waals surface area contributed by atoms with Gasteiger partial charge in [0.2, 0.25) is 15.9 Å². The van der Waals surface area contributed by atoms with Crippen molar-refractivity contribution < 1.29 is 35.9 Å². The van der Waals surface area contributed by atoms with Crippen LogP contribution in [0.2, 0.25) is 0 Å². The molecular weight excluding hydrogens is 487 g/mol. The third kappa shape index (κ3) is 5.27. The van der Waals surface area contributed by atoms with E-state index in [2.05, 4.69) is 12.2 Å². The summed E-state index contributed by atoms with van der Waals surface area (Å²) in [7, 11) is -3.84. The summed E-state index contributed by atoms with van der Waals surface area (Å²) in [6, 6.07) is 8.54. The van der Waals surface area contributed by atoms with Crippen LogP contribution in [0.15, 0.2) is 47.4 Å². The lowest BCUT2D eigenvalue weighted by molar-refractivity contribution is -0.137. The van der Waals surface area contributed by atoms with Crippen LogP contribution in [-0.2, 0) is 25.8 Å². The van der Waals surface area contributed by atoms with E-state index in [4.69, 9.17) is 4.74 Å². The molecule has 2 aromatic carbocycles. The van der Waals surface area contributed by atoms with Crippen LogP contribution >= 0.6 is 0 Å². The molecular formula is C23H24F3N3O5S. The number of carbonyl (C=O) groups excluding carboxylic acids is 2. The van der Waals surface area contributed by atoms with Crippen molar-refractivity contribution in [3.63, 3.8) is 0 Å². The maximum atomic E-state index is 13.3. The van der Waals surface area contributed by atoms with Crippen molar-refractivity contribution in [1.29, 1.82) is 0 Å². The van der Waals surface area contributed by atoms with Gasteiger partial charge in [0, 0.05) is 13.1 Å². The van der Waals surface area contributed by atoms with Gasteiger partial charge in [-0.15, -0.1) is 0 Å². The Morgan fingerprint density at radius 1 is 1.14 bits per heavy atom. The van der Waals surface area contributed by atoms with Crippen molar-refractivity contribution >= 4 is 33.2 Å². The Labute approximate surface area is 200 Å². The van der Waals surface area contributed by atoms with Gasteiger partial charge in [-0.1, -0.05) is 19.1 Å². The molecule has 2 aliphatic rings. The first-order chi connectivity index (χ1) is 16.5. The molecule has 188 valence electrons. The minimum atomic E-state index is -4.68. The van der Waals surface area contributed by atoms with Gasteiger partial charge in [0.05, 0.1) is 21.8 Å². The molecule has 2 aromatic rings. The molecule has 0 radical (unpaired) electrons. The second-order valence-electron chi connectivity index (χ2n) is 8.58. The first kappa shape index (κ1) is 25.0. The summed E-state index contributed by atoms with van der Waals surface area (Å²) in [6.07, 6.45) is -3.21. The van der Waals surface area contributed by atoms with Crippen LogP contribution in [0.4, 0.5) is 24.5 Å². The Bertz CT molecular complexity index is 1240. The van der Waals surface area contributed by atoms with Crippen LogP contribution in [0.25, 0.3) is 0 Å². The molecule has 0 atom stereocenters. The van der Waals surface area contributed by atoms with Crippen molar-refractivity contribution in [2.24, 2.45) is 5.92 Å². The van der Waals surface area contributed by atoms with Gasteiger partial charge in [-0.05, 0) is 49.1 Å². The number of benzene rings is 2. The molecule has 35 heavy (non-hydrogen) atoms. The molecule has 2 amide bonds. The zero-order chi connectivity index (χ0) is 25.4. The first-order valence-corrected chi connectivity index (χ1v) is 12.4. The average Bonchev–Trinajstić information content (AvgIpc) is 2.80. The van der Waals surface area contributed by atoms with E-state index in [1.807, 2.05) is 0 Å². The Hall–Kier alpha value is -3.12. The number of nitrogens with zero attached hydrogens (tertiary/aromatic N) is 2. The molecule has 1 N–H and O–H groups in total. The van der Waals surface area contributed by atoms with E-state index in [0.29, 0.717) is 19.0 Å². The Morgan fingerprint density at radius 3 is 2.51 bits per heavy atom. The number of fused-ring (bicyclic) bond motifs is 1. The smallest absolute Gasteiger partial charge is 0.418 e. The van der Waals surface area contributed by atoms with E-state index in [9.17, 15) is 31.2 Å². The summed E-state index contributed by atoms with van der Waals surface area (Å²) >= 11 is 0. The number of piperidine rings is 1. The van der Waals surface area contributed by atoms with Gasteiger partial charge in [0.15, 0.2) is 6.61 Å². The van der Waals surface area contributed by atoms with E-state index < -0.39 is 52.4 Å². The Morgan fingerprint density at radius 2 is 1.83 bits per heavy atom. The monoisotopic (exact) mass is 511 g/mol. The molecule has 1 saturated heterocycles. The predicted octanol–water partition coefficient (Wildman–Crippen LogP) is 3.49. The van der Waals surface area contributed by atoms with E-state index in [0.717, 1.165) is 29.9 Å². The van der Waals surface area contributed by atoms with Crippen LogP contribution in [0.3, 0.4) is 0 Å². The number of hydrogen-bond acceptors (Lipinski definition) is 5. The average molecular weight is 512 g/mol. The van der Waals surface area contributed by atoms with Gasteiger partial charge in [-0.2, -0.15) is 17.5 Å². The van der Waals surface area contributed by atoms with Gasteiger partial charge in [-0.25, -0.2) is 8.42 Å². The lowest BCUT2D eigenvalue weighted by Crippen LogP contribution is -2.43. The van der Waals surface area contributed by atoms with Crippen LogP contribution in [-0.4, -0.2) is 50.8 Å². The van der Waals surface area contributed by atoms with Gasteiger partial charge >= 0.3 is 6.18 Å². The third-order valence-electron chi connectivity index (χ3n) is 6.06. The van der Waals surface area contributed by atoms with Crippen molar-refractivity contribution in [2.45, 2.75) is 30.8 Å². The van der Waals surface area contributed by atoms with Gasteiger partial charge < -0.3 is 10.1 Å². The predicted molar refractivity (Wildman–Crippen MR) is 122 cm³/mol. The number of hydrogen-bond donors (Lipinski definition) is 1. The van der Waals surface area contributed by atoms with Crippen LogP contribution in [0, 0.1) is 5.92 Å². The fraction of sp³-hybridized carbons (Fsp3) is 0.391. The van der Waals surface area contributed by atoms with Gasteiger partial charge in [0.1, 0.15) is 12.3 Å². The Balaban J connectivity index is 1.58. The summed E-state index contributed by atoms with van der Waals surface area (Å²) in [4.78, 5) is 26.1. The summed E-state index contributed by atoms with van der Waals surface area (Å²) in [5.74, 6) is -0.883. The number of ether oxygens (including phenoxy) is 1. The molecule has 12 heteroatoms. The molecule has 0 saturated carbocycles. The number of sulfonamides is 1. The number of alkyl halides is 3. The molecule has 0 aromatic heterocycles. The van der Waals surface area contributed by atoms with E-state index in [1.165, 1.54) is 34.6 Å². The number of para-hydroxylation sites is 1. The largest absolute Gasteiger partial charge is 0.482 e. The lowest BCUT2D eigenvalue weighted by atomic mass is 10.0. The van der Waals surface area contributed by atoms with Crippen molar-refractivity contribution in [1.82, 2.24) is 4.31 Å². The molecule has 0 bridgehead atoms. The number of anilines is 2. The van der Waals surface area contributed by atoms with Crippen LogP contribution < -0.4 is 15.0 Å². The van der Waals surface area contributed by atoms with Crippen LogP contribution in [0.5, 0.6) is 5.75 Å². The fourth-order valence-electron chi connectivity index (χ4n) is 4.06. The highest BCUT2D eigenvalue weighted by Gasteiger charge is 2.35. The SMILES string of the molecule is CC1CCN(S(=O)(=O)c2ccc3c(c2)N(CC(=O)Nc2ccccc2C(F)(F)F)C(=O)CO3)CC1. The quantitative estimate of drug-likeness (QED) is 0.663. The van der Waals surface area contributed by atoms with Gasteiger partial charge in [0.25, 0.3) is 5.91 Å². The molecule has 4 rings (SSSR count). The van der Waals surface area contributed by atoms with E-state index in [1.54, 1.807) is 0 Å². The third-order valence-corrected chi connectivity index (χ3v) is 7.96. The number of rotatable bonds is 5. The Kier molecular flexibility index (Phi) is 6.78. The lowest BCUT2D eigenvalue weighted by Gasteiger charge is -2.31. The molecule has 2 aliphatic heterocycles. The fourth-order valence-corrected chi connectivity index (χ4v) is 5.55. The maximum absolute atomic E-state index is 13.3. The van der Waals surface area contributed by atoms with Crippen LogP contribution in [0.1, 0.15) is 25.3 Å². The molecule has 1 fully saturated rings. The normalized spacial score (nSPS) is 17.6. The first-order valence-electron chi connectivity index (χ1n) is 11.0. The minimum absolute atomic E-state index is 0.0584. The van der Waals surface area contributed by atoms with Crippen molar-refractivity contribution in [3.05, 3.63) is 48.0 Å². The molecule has 0 spiro atoms. The second-order valence-corrected chi connectivity index (χ2v) is 10.5. The highest BCUT2D eigenvalue weighted by Crippen LogP contribution is 2.37. The topological polar surface area (TPSA) is 96.0 Å². The standard InChI is InChI=1S/C23H24F3N3O5S/c1-15-8-10-28(11-9-15)35(32,33)16-6-7-20-19(12-16)29(22(31)14-34-20)13-21(30)27-18-5-3-2-4-17(18)23(24,25)26/h2-7,12,15H,8-11,13-14H2,1H3,(H,27,30). The maximum Gasteiger partial charge on any atom is 0.418 e. The highest BCUT2D eigenvalue weighted by atomic mass is 32.2. The van der Waals surface area contributed by atoms with Crippen molar-refractivity contribution in [3.8, 4) is 5.75 Å². The summed E-state index contributed by atoms with van der Waals surface area (Å²) in [6.45, 7) is 1.80. The number of halogens is 3.